The second kappa shape index (κ2) is 12.5. The lowest BCUT2D eigenvalue weighted by Gasteiger charge is -2.50. The van der Waals surface area contributed by atoms with E-state index in [4.69, 9.17) is 13.3 Å². The third-order valence-electron chi connectivity index (χ3n) is 8.76. The van der Waals surface area contributed by atoms with E-state index in [9.17, 15) is 5.11 Å². The lowest BCUT2D eigenvalue weighted by Crippen LogP contribution is -2.61. The van der Waals surface area contributed by atoms with E-state index in [0.717, 1.165) is 19.3 Å². The lowest BCUT2D eigenvalue weighted by atomic mass is 9.89. The summed E-state index contributed by atoms with van der Waals surface area (Å²) in [5, 5.41) is 9.75. The highest BCUT2D eigenvalue weighted by molar-refractivity contribution is 6.80. The fourth-order valence-corrected chi connectivity index (χ4v) is 20.4. The molecule has 2 rings (SSSR count). The molecule has 2 heterocycles. The Bertz CT molecular complexity index is 594. The van der Waals surface area contributed by atoms with E-state index in [0.29, 0.717) is 6.61 Å². The quantitative estimate of drug-likeness (QED) is 0.355. The summed E-state index contributed by atoms with van der Waals surface area (Å²) in [6.45, 7) is 21.9. The van der Waals surface area contributed by atoms with Gasteiger partial charge in [-0.15, -0.1) is 0 Å². The largest absolute Gasteiger partial charge is 0.411 e. The molecule has 0 amide bonds. The van der Waals surface area contributed by atoms with E-state index in [-0.39, 0.29) is 17.8 Å². The maximum atomic E-state index is 9.75. The van der Waals surface area contributed by atoms with E-state index < -0.39 is 33.0 Å². The van der Waals surface area contributed by atoms with Gasteiger partial charge in [-0.05, 0) is 83.6 Å². The molecule has 0 aromatic heterocycles. The minimum atomic E-state index is -1.92. The maximum absolute atomic E-state index is 9.75. The summed E-state index contributed by atoms with van der Waals surface area (Å²) in [4.78, 5) is 0. The number of aliphatic hydroxyl groups is 1. The van der Waals surface area contributed by atoms with Gasteiger partial charge in [0.05, 0.1) is 20.3 Å². The van der Waals surface area contributed by atoms with Crippen molar-refractivity contribution in [3.63, 3.8) is 0 Å². The number of fused-ring (bicyclic) bond motifs is 6. The average Bonchev–Trinajstić information content (AvgIpc) is 2.73. The van der Waals surface area contributed by atoms with Crippen molar-refractivity contribution in [2.45, 2.75) is 159 Å². The zero-order valence-electron chi connectivity index (χ0n) is 24.2. The normalized spacial score (nSPS) is 37.2. The minimum absolute atomic E-state index is 0.0933. The Kier molecular flexibility index (Phi) is 11.4. The lowest BCUT2D eigenvalue weighted by molar-refractivity contribution is -0.111. The summed E-state index contributed by atoms with van der Waals surface area (Å²) >= 11 is 0. The minimum Gasteiger partial charge on any atom is -0.411 e. The van der Waals surface area contributed by atoms with E-state index in [1.165, 1.54) is 61.6 Å². The molecule has 2 fully saturated rings. The van der Waals surface area contributed by atoms with Gasteiger partial charge in [-0.2, -0.15) is 0 Å². The van der Waals surface area contributed by atoms with Gasteiger partial charge in [0.2, 0.25) is 0 Å². The molecule has 0 aliphatic carbocycles. The number of hydrogen-bond donors (Lipinski definition) is 1. The predicted octanol–water partition coefficient (Wildman–Crippen LogP) is 8.00. The molecule has 4 nitrogen and oxygen atoms in total. The first-order valence-corrected chi connectivity index (χ1v) is 26.6. The van der Waals surface area contributed by atoms with Gasteiger partial charge in [-0.1, -0.05) is 57.3 Å². The highest BCUT2D eigenvalue weighted by Crippen LogP contribution is 2.42. The van der Waals surface area contributed by atoms with E-state index in [2.05, 4.69) is 60.1 Å². The van der Waals surface area contributed by atoms with Crippen molar-refractivity contribution >= 4 is 33.0 Å². The Morgan fingerprint density at radius 3 is 1.50 bits per heavy atom. The molecule has 0 aromatic carbocycles. The van der Waals surface area contributed by atoms with Crippen LogP contribution in [0.2, 0.25) is 81.6 Å². The molecule has 0 saturated carbocycles. The maximum Gasteiger partial charge on any atom is 0.187 e. The van der Waals surface area contributed by atoms with Crippen LogP contribution in [0.15, 0.2) is 0 Å². The Hall–Kier alpha value is 0.708. The topological polar surface area (TPSA) is 47.9 Å². The molecule has 0 radical (unpaired) electrons. The van der Waals surface area contributed by atoms with Gasteiger partial charge < -0.3 is 18.4 Å². The average molecular weight is 547 g/mol. The van der Waals surface area contributed by atoms with Crippen molar-refractivity contribution in [3.05, 3.63) is 0 Å². The number of rotatable bonds is 5. The fraction of sp³-hybridized carbons (Fsp3) is 1.00. The van der Waals surface area contributed by atoms with Crippen molar-refractivity contribution in [3.8, 4) is 0 Å². The smallest absolute Gasteiger partial charge is 0.187 e. The molecule has 2 bridgehead atoms. The zero-order valence-corrected chi connectivity index (χ0v) is 28.2. The molecular weight excluding hydrogens is 489 g/mol. The summed E-state index contributed by atoms with van der Waals surface area (Å²) < 4.78 is 21.7. The predicted molar refractivity (Wildman–Crippen MR) is 157 cm³/mol. The SMILES string of the molecule is CCC1O[Si](C)(C)CCC[Si]2(CCCO)CCC[Si](C)(C)OC(CC)C1(C)O[Si](C)(C)CCC2. The molecule has 0 spiro atoms. The zero-order chi connectivity index (χ0) is 25.7. The van der Waals surface area contributed by atoms with Crippen LogP contribution < -0.4 is 0 Å². The van der Waals surface area contributed by atoms with Crippen molar-refractivity contribution in [1.82, 2.24) is 0 Å². The van der Waals surface area contributed by atoms with Gasteiger partial charge in [0, 0.05) is 6.61 Å². The Morgan fingerprint density at radius 1 is 0.706 bits per heavy atom. The number of aliphatic hydroxyl groups excluding tert-OH is 1. The molecule has 0 aromatic rings. The van der Waals surface area contributed by atoms with Gasteiger partial charge in [-0.25, -0.2) is 0 Å². The monoisotopic (exact) mass is 546 g/mol. The molecule has 2 unspecified atom stereocenters. The van der Waals surface area contributed by atoms with Crippen LogP contribution in [-0.2, 0) is 13.3 Å². The molecule has 202 valence electrons. The first kappa shape index (κ1) is 30.9. The summed E-state index contributed by atoms with van der Waals surface area (Å²) in [6.07, 6.45) is 7.09. The van der Waals surface area contributed by atoms with Crippen LogP contribution in [0.4, 0.5) is 0 Å². The molecule has 34 heavy (non-hydrogen) atoms. The van der Waals surface area contributed by atoms with Crippen LogP contribution >= 0.6 is 0 Å². The second-order valence-corrected chi connectivity index (χ2v) is 31.2. The van der Waals surface area contributed by atoms with Crippen LogP contribution in [0.25, 0.3) is 0 Å². The van der Waals surface area contributed by atoms with Gasteiger partial charge in [-0.3, -0.25) is 0 Å². The number of hydrogen-bond acceptors (Lipinski definition) is 4. The molecule has 2 atom stereocenters. The first-order chi connectivity index (χ1) is 15.7. The fourth-order valence-electron chi connectivity index (χ4n) is 6.96. The van der Waals surface area contributed by atoms with Crippen molar-refractivity contribution in [1.29, 1.82) is 0 Å². The van der Waals surface area contributed by atoms with Crippen LogP contribution in [-0.4, -0.2) is 62.5 Å². The van der Waals surface area contributed by atoms with Crippen molar-refractivity contribution < 1.29 is 18.4 Å². The van der Waals surface area contributed by atoms with Crippen LogP contribution in [0.1, 0.15) is 59.3 Å². The Balaban J connectivity index is 2.62. The molecule has 8 heteroatoms. The van der Waals surface area contributed by atoms with Gasteiger partial charge in [0.15, 0.2) is 25.0 Å². The molecule has 2 saturated heterocycles. The third kappa shape index (κ3) is 8.64. The third-order valence-corrected chi connectivity index (χ3v) is 21.9. The van der Waals surface area contributed by atoms with Gasteiger partial charge in [0.25, 0.3) is 0 Å². The molecule has 2 aliphatic rings. The van der Waals surface area contributed by atoms with Gasteiger partial charge >= 0.3 is 0 Å². The Morgan fingerprint density at radius 2 is 1.12 bits per heavy atom. The summed E-state index contributed by atoms with van der Waals surface area (Å²) in [6, 6.07) is 9.27. The van der Waals surface area contributed by atoms with Crippen LogP contribution in [0.5, 0.6) is 0 Å². The summed E-state index contributed by atoms with van der Waals surface area (Å²) in [7, 11) is -7.06. The highest BCUT2D eigenvalue weighted by atomic mass is 28.4. The molecule has 1 N–H and O–H groups in total. The van der Waals surface area contributed by atoms with Crippen LogP contribution in [0, 0.1) is 0 Å². The summed E-state index contributed by atoms with van der Waals surface area (Å²) in [5.74, 6) is 0. The van der Waals surface area contributed by atoms with Crippen molar-refractivity contribution in [2.24, 2.45) is 0 Å². The van der Waals surface area contributed by atoms with E-state index in [1.807, 2.05) is 0 Å². The molecule has 2 aliphatic heterocycles. The first-order valence-electron chi connectivity index (χ1n) is 14.4. The van der Waals surface area contributed by atoms with E-state index >= 15 is 0 Å². The Labute approximate surface area is 216 Å². The molecular formula is C26H58O4Si4. The van der Waals surface area contributed by atoms with Crippen molar-refractivity contribution in [2.75, 3.05) is 6.61 Å². The van der Waals surface area contributed by atoms with Gasteiger partial charge in [0.1, 0.15) is 5.60 Å². The second-order valence-electron chi connectivity index (χ2n) is 13.5. The standard InChI is InChI=1S/C26H58O4Si4/c1-10-24-26(3)25(11-2)29-32(6,7)18-14-22-34(20-12-16-27,21-13-17-31(4,5)28-24)23-15-19-33(8,9)30-26/h24-25,27H,10-23H2,1-9H3. The van der Waals surface area contributed by atoms with Crippen LogP contribution in [0.3, 0.4) is 0 Å². The van der Waals surface area contributed by atoms with E-state index in [1.54, 1.807) is 0 Å². The summed E-state index contributed by atoms with van der Waals surface area (Å²) in [5.41, 5.74) is -0.388. The highest BCUT2D eigenvalue weighted by Gasteiger charge is 2.50.